The summed E-state index contributed by atoms with van der Waals surface area (Å²) < 4.78 is 10.8. The predicted octanol–water partition coefficient (Wildman–Crippen LogP) is 3.34. The molecule has 1 heterocycles. The molecular formula is C16H21N3O2. The number of nitrogens with one attached hydrogen (secondary N) is 1. The van der Waals surface area contributed by atoms with Gasteiger partial charge in [-0.05, 0) is 32.0 Å². The van der Waals surface area contributed by atoms with Crippen molar-refractivity contribution in [3.8, 4) is 5.88 Å². The maximum Gasteiger partial charge on any atom is 0.239 e. The van der Waals surface area contributed by atoms with Crippen LogP contribution in [0.5, 0.6) is 5.88 Å². The third kappa shape index (κ3) is 4.10. The predicted molar refractivity (Wildman–Crippen MR) is 84.9 cm³/mol. The summed E-state index contributed by atoms with van der Waals surface area (Å²) in [5.74, 6) is 1.13. The second-order valence-corrected chi connectivity index (χ2v) is 4.97. The van der Waals surface area contributed by atoms with Gasteiger partial charge in [0.15, 0.2) is 0 Å². The summed E-state index contributed by atoms with van der Waals surface area (Å²) in [7, 11) is 1.67. The molecule has 3 N–H and O–H groups in total. The molecule has 0 unspecified atom stereocenters. The first-order valence-electron chi connectivity index (χ1n) is 6.87. The zero-order chi connectivity index (χ0) is 15.2. The Labute approximate surface area is 125 Å². The Morgan fingerprint density at radius 2 is 1.95 bits per heavy atom. The smallest absolute Gasteiger partial charge is 0.239 e. The van der Waals surface area contributed by atoms with E-state index in [0.29, 0.717) is 24.0 Å². The molecule has 0 atom stereocenters. The first-order valence-corrected chi connectivity index (χ1v) is 6.87. The zero-order valence-electron chi connectivity index (χ0n) is 12.6. The fourth-order valence-electron chi connectivity index (χ4n) is 1.90. The molecule has 21 heavy (non-hydrogen) atoms. The van der Waals surface area contributed by atoms with Gasteiger partial charge < -0.3 is 20.5 Å². The van der Waals surface area contributed by atoms with Crippen molar-refractivity contribution in [1.82, 2.24) is 4.98 Å². The van der Waals surface area contributed by atoms with E-state index in [1.54, 1.807) is 13.2 Å². The summed E-state index contributed by atoms with van der Waals surface area (Å²) in [5, 5.41) is 3.27. The van der Waals surface area contributed by atoms with E-state index < -0.39 is 0 Å². The first-order chi connectivity index (χ1) is 10.1. The molecule has 1 aromatic carbocycles. The van der Waals surface area contributed by atoms with E-state index in [1.165, 1.54) is 0 Å². The normalized spacial score (nSPS) is 10.7. The number of para-hydroxylation sites is 1. The Kier molecular flexibility index (Phi) is 5.00. The highest BCUT2D eigenvalue weighted by Crippen LogP contribution is 2.25. The lowest BCUT2D eigenvalue weighted by Crippen LogP contribution is -2.10. The summed E-state index contributed by atoms with van der Waals surface area (Å²) in [6.45, 7) is 4.41. The number of pyridine rings is 1. The Bertz CT molecular complexity index is 600. The van der Waals surface area contributed by atoms with Crippen molar-refractivity contribution in [2.75, 3.05) is 18.2 Å². The van der Waals surface area contributed by atoms with Gasteiger partial charge in [0.1, 0.15) is 5.82 Å². The van der Waals surface area contributed by atoms with Gasteiger partial charge in [0.05, 0.1) is 18.4 Å². The minimum absolute atomic E-state index is 0.0239. The minimum atomic E-state index is 0.0239. The lowest BCUT2D eigenvalue weighted by Gasteiger charge is -2.14. The SMILES string of the molecule is COCc1ccccc1Nc1ccc(N)c(OC(C)C)n1. The third-order valence-corrected chi connectivity index (χ3v) is 2.82. The number of nitrogens with two attached hydrogens (primary N) is 1. The lowest BCUT2D eigenvalue weighted by molar-refractivity contribution is 0.185. The Balaban J connectivity index is 2.23. The van der Waals surface area contributed by atoms with Gasteiger partial charge in [-0.3, -0.25) is 0 Å². The van der Waals surface area contributed by atoms with Crippen molar-refractivity contribution in [2.45, 2.75) is 26.6 Å². The van der Waals surface area contributed by atoms with Crippen LogP contribution < -0.4 is 15.8 Å². The van der Waals surface area contributed by atoms with E-state index >= 15 is 0 Å². The molecule has 0 radical (unpaired) electrons. The second kappa shape index (κ2) is 6.95. The van der Waals surface area contributed by atoms with Crippen LogP contribution >= 0.6 is 0 Å². The number of anilines is 3. The van der Waals surface area contributed by atoms with Crippen LogP contribution in [-0.4, -0.2) is 18.2 Å². The number of benzene rings is 1. The number of methoxy groups -OCH3 is 1. The molecular weight excluding hydrogens is 266 g/mol. The molecule has 0 fully saturated rings. The van der Waals surface area contributed by atoms with Crippen molar-refractivity contribution in [3.05, 3.63) is 42.0 Å². The molecule has 0 aliphatic carbocycles. The van der Waals surface area contributed by atoms with E-state index in [-0.39, 0.29) is 6.10 Å². The number of aromatic nitrogens is 1. The van der Waals surface area contributed by atoms with Crippen LogP contribution in [0.15, 0.2) is 36.4 Å². The monoisotopic (exact) mass is 287 g/mol. The molecule has 0 saturated heterocycles. The van der Waals surface area contributed by atoms with Gasteiger partial charge in [0.2, 0.25) is 5.88 Å². The summed E-state index contributed by atoms with van der Waals surface area (Å²) in [6.07, 6.45) is 0.0239. The first kappa shape index (κ1) is 15.1. The summed E-state index contributed by atoms with van der Waals surface area (Å²) >= 11 is 0. The quantitative estimate of drug-likeness (QED) is 0.852. The molecule has 0 bridgehead atoms. The molecule has 0 aliphatic rings. The topological polar surface area (TPSA) is 69.4 Å². The molecule has 1 aromatic heterocycles. The highest BCUT2D eigenvalue weighted by atomic mass is 16.5. The average Bonchev–Trinajstić information content (AvgIpc) is 2.44. The highest BCUT2D eigenvalue weighted by Gasteiger charge is 2.08. The fourth-order valence-corrected chi connectivity index (χ4v) is 1.90. The van der Waals surface area contributed by atoms with E-state index in [9.17, 15) is 0 Å². The molecule has 2 aromatic rings. The number of ether oxygens (including phenoxy) is 2. The van der Waals surface area contributed by atoms with Crippen molar-refractivity contribution in [2.24, 2.45) is 0 Å². The Morgan fingerprint density at radius 3 is 2.67 bits per heavy atom. The Hall–Kier alpha value is -2.27. The second-order valence-electron chi connectivity index (χ2n) is 4.97. The zero-order valence-corrected chi connectivity index (χ0v) is 12.6. The third-order valence-electron chi connectivity index (χ3n) is 2.82. The van der Waals surface area contributed by atoms with E-state index in [1.807, 2.05) is 44.2 Å². The van der Waals surface area contributed by atoms with Crippen LogP contribution in [0.4, 0.5) is 17.2 Å². The van der Waals surface area contributed by atoms with Crippen LogP contribution in [0.1, 0.15) is 19.4 Å². The van der Waals surface area contributed by atoms with Gasteiger partial charge in [-0.25, -0.2) is 0 Å². The van der Waals surface area contributed by atoms with Crippen molar-refractivity contribution in [3.63, 3.8) is 0 Å². The summed E-state index contributed by atoms with van der Waals surface area (Å²) in [5.41, 5.74) is 8.41. The van der Waals surface area contributed by atoms with Gasteiger partial charge in [-0.2, -0.15) is 4.98 Å². The number of hydrogen-bond donors (Lipinski definition) is 2. The lowest BCUT2D eigenvalue weighted by atomic mass is 10.2. The van der Waals surface area contributed by atoms with Gasteiger partial charge in [0, 0.05) is 18.4 Å². The average molecular weight is 287 g/mol. The van der Waals surface area contributed by atoms with Crippen LogP contribution in [0.2, 0.25) is 0 Å². The van der Waals surface area contributed by atoms with Crippen LogP contribution in [0.3, 0.4) is 0 Å². The molecule has 2 rings (SSSR count). The van der Waals surface area contributed by atoms with Crippen LogP contribution in [0, 0.1) is 0 Å². The molecule has 5 nitrogen and oxygen atoms in total. The highest BCUT2D eigenvalue weighted by molar-refractivity contribution is 5.63. The van der Waals surface area contributed by atoms with E-state index in [0.717, 1.165) is 11.3 Å². The van der Waals surface area contributed by atoms with E-state index in [4.69, 9.17) is 15.2 Å². The summed E-state index contributed by atoms with van der Waals surface area (Å²) in [6, 6.07) is 11.5. The van der Waals surface area contributed by atoms with Gasteiger partial charge in [0.25, 0.3) is 0 Å². The van der Waals surface area contributed by atoms with Crippen LogP contribution in [-0.2, 0) is 11.3 Å². The van der Waals surface area contributed by atoms with Gasteiger partial charge >= 0.3 is 0 Å². The molecule has 0 spiro atoms. The van der Waals surface area contributed by atoms with Crippen molar-refractivity contribution >= 4 is 17.2 Å². The molecule has 5 heteroatoms. The fraction of sp³-hybridized carbons (Fsp3) is 0.312. The standard InChI is InChI=1S/C16H21N3O2/c1-11(2)21-16-13(17)8-9-15(19-16)18-14-7-5-4-6-12(14)10-20-3/h4-9,11H,10,17H2,1-3H3,(H,18,19). The maximum atomic E-state index is 5.87. The Morgan fingerprint density at radius 1 is 1.19 bits per heavy atom. The summed E-state index contributed by atoms with van der Waals surface area (Å²) in [4.78, 5) is 4.41. The molecule has 0 saturated carbocycles. The number of rotatable bonds is 6. The van der Waals surface area contributed by atoms with E-state index in [2.05, 4.69) is 10.3 Å². The van der Waals surface area contributed by atoms with Gasteiger partial charge in [-0.1, -0.05) is 18.2 Å². The van der Waals surface area contributed by atoms with Crippen LogP contribution in [0.25, 0.3) is 0 Å². The number of hydrogen-bond acceptors (Lipinski definition) is 5. The van der Waals surface area contributed by atoms with Gasteiger partial charge in [-0.15, -0.1) is 0 Å². The molecule has 112 valence electrons. The number of nitrogen functional groups attached to an aromatic ring is 1. The van der Waals surface area contributed by atoms with Crippen molar-refractivity contribution in [1.29, 1.82) is 0 Å². The molecule has 0 amide bonds. The molecule has 0 aliphatic heterocycles. The maximum absolute atomic E-state index is 5.87. The van der Waals surface area contributed by atoms with Crippen molar-refractivity contribution < 1.29 is 9.47 Å². The largest absolute Gasteiger partial charge is 0.473 e. The number of nitrogens with zero attached hydrogens (tertiary/aromatic N) is 1. The minimum Gasteiger partial charge on any atom is -0.473 e.